The molecule has 0 N–H and O–H groups in total. The molecule has 0 saturated heterocycles. The summed E-state index contributed by atoms with van der Waals surface area (Å²) in [5.74, 6) is 0. The molecule has 6 heteroatoms. The Kier molecular flexibility index (Phi) is 6.91. The van der Waals surface area contributed by atoms with Gasteiger partial charge in [0, 0.05) is 6.54 Å². The molecular weight excluding hydrogens is 336 g/mol. The van der Waals surface area contributed by atoms with E-state index in [1.54, 1.807) is 30.3 Å². The second kappa shape index (κ2) is 9.15. The average molecular weight is 358 g/mol. The molecule has 0 heterocycles. The third kappa shape index (κ3) is 5.55. The Bertz CT molecular complexity index is 800. The summed E-state index contributed by atoms with van der Waals surface area (Å²) in [6.45, 7) is 6.18. The number of aryl methyl sites for hydroxylation is 1. The Balaban J connectivity index is 1.98. The first-order valence-corrected chi connectivity index (χ1v) is 9.33. The number of hydrogen-bond donors (Lipinski definition) is 0. The van der Waals surface area contributed by atoms with E-state index in [1.807, 2.05) is 37.3 Å². The van der Waals surface area contributed by atoms with Crippen molar-refractivity contribution in [1.29, 1.82) is 0 Å². The van der Waals surface area contributed by atoms with Gasteiger partial charge < -0.3 is 4.84 Å². The highest BCUT2D eigenvalue weighted by atomic mass is 32.2. The largest absolute Gasteiger partial charge is 0.391 e. The van der Waals surface area contributed by atoms with Crippen molar-refractivity contribution in [3.8, 4) is 0 Å². The molecule has 2 rings (SSSR count). The van der Waals surface area contributed by atoms with Crippen LogP contribution in [0.4, 0.5) is 0 Å². The minimum atomic E-state index is -3.60. The summed E-state index contributed by atoms with van der Waals surface area (Å²) in [6, 6.07) is 16.4. The Morgan fingerprint density at radius 2 is 1.76 bits per heavy atom. The van der Waals surface area contributed by atoms with Crippen LogP contribution in [0.3, 0.4) is 0 Å². The van der Waals surface area contributed by atoms with Crippen LogP contribution in [0, 0.1) is 6.92 Å². The lowest BCUT2D eigenvalue weighted by Crippen LogP contribution is -2.32. The van der Waals surface area contributed by atoms with E-state index in [4.69, 9.17) is 4.84 Å². The second-order valence-electron chi connectivity index (χ2n) is 5.47. The third-order valence-corrected chi connectivity index (χ3v) is 5.35. The molecule has 25 heavy (non-hydrogen) atoms. The number of sulfonamides is 1. The molecular formula is C19H22N2O3S. The maximum absolute atomic E-state index is 12.7. The molecule has 132 valence electrons. The van der Waals surface area contributed by atoms with Crippen molar-refractivity contribution in [3.63, 3.8) is 0 Å². The Labute approximate surface area is 149 Å². The predicted molar refractivity (Wildman–Crippen MR) is 99.9 cm³/mol. The Hall–Kier alpha value is -2.44. The van der Waals surface area contributed by atoms with Gasteiger partial charge in [-0.15, -0.1) is 6.58 Å². The van der Waals surface area contributed by atoms with Crippen LogP contribution in [-0.4, -0.2) is 32.0 Å². The standard InChI is InChI=1S/C19H22N2O3S/c1-3-14-21(25(22,23)19-11-9-17(2)10-12-19)15-13-20-24-16-18-7-5-4-6-8-18/h3-13H,1,14-16H2,2H3/b20-13-. The fourth-order valence-electron chi connectivity index (χ4n) is 2.14. The summed E-state index contributed by atoms with van der Waals surface area (Å²) >= 11 is 0. The van der Waals surface area contributed by atoms with E-state index in [-0.39, 0.29) is 18.0 Å². The second-order valence-corrected chi connectivity index (χ2v) is 7.41. The number of nitrogens with zero attached hydrogens (tertiary/aromatic N) is 2. The zero-order valence-electron chi connectivity index (χ0n) is 14.2. The van der Waals surface area contributed by atoms with Gasteiger partial charge in [0.15, 0.2) is 0 Å². The van der Waals surface area contributed by atoms with Gasteiger partial charge in [-0.05, 0) is 24.6 Å². The van der Waals surface area contributed by atoms with E-state index >= 15 is 0 Å². The fourth-order valence-corrected chi connectivity index (χ4v) is 3.48. The van der Waals surface area contributed by atoms with Crippen molar-refractivity contribution in [2.75, 3.05) is 13.1 Å². The van der Waals surface area contributed by atoms with Gasteiger partial charge in [0.05, 0.1) is 17.7 Å². The molecule has 0 bridgehead atoms. The van der Waals surface area contributed by atoms with Crippen LogP contribution in [0.15, 0.2) is 77.3 Å². The lowest BCUT2D eigenvalue weighted by Gasteiger charge is -2.18. The van der Waals surface area contributed by atoms with Gasteiger partial charge >= 0.3 is 0 Å². The van der Waals surface area contributed by atoms with Gasteiger partial charge in [0.2, 0.25) is 10.0 Å². The van der Waals surface area contributed by atoms with Crippen molar-refractivity contribution in [1.82, 2.24) is 4.31 Å². The van der Waals surface area contributed by atoms with Gasteiger partial charge in [-0.2, -0.15) is 4.31 Å². The number of oxime groups is 1. The van der Waals surface area contributed by atoms with Gasteiger partial charge in [-0.3, -0.25) is 0 Å². The molecule has 0 spiro atoms. The van der Waals surface area contributed by atoms with Crippen LogP contribution in [0.25, 0.3) is 0 Å². The van der Waals surface area contributed by atoms with Crippen molar-refractivity contribution < 1.29 is 13.3 Å². The molecule has 0 radical (unpaired) electrons. The summed E-state index contributed by atoms with van der Waals surface area (Å²) in [5, 5.41) is 3.84. The van der Waals surface area contributed by atoms with Gasteiger partial charge in [0.1, 0.15) is 6.61 Å². The highest BCUT2D eigenvalue weighted by molar-refractivity contribution is 7.89. The number of rotatable bonds is 9. The van der Waals surface area contributed by atoms with Gasteiger partial charge in [-0.1, -0.05) is 59.3 Å². The number of benzene rings is 2. The van der Waals surface area contributed by atoms with Crippen molar-refractivity contribution >= 4 is 16.2 Å². The van der Waals surface area contributed by atoms with E-state index in [9.17, 15) is 8.42 Å². The normalized spacial score (nSPS) is 11.8. The average Bonchev–Trinajstić information content (AvgIpc) is 2.61. The SMILES string of the molecule is C=CCN(C/C=N\OCc1ccccc1)S(=O)(=O)c1ccc(C)cc1. The molecule has 0 saturated carbocycles. The molecule has 0 fully saturated rings. The molecule has 0 aliphatic carbocycles. The van der Waals surface area contributed by atoms with E-state index in [0.29, 0.717) is 6.61 Å². The van der Waals surface area contributed by atoms with Crippen LogP contribution in [-0.2, 0) is 21.5 Å². The monoisotopic (exact) mass is 358 g/mol. The quantitative estimate of drug-likeness (QED) is 0.392. The molecule has 5 nitrogen and oxygen atoms in total. The minimum absolute atomic E-state index is 0.108. The molecule has 0 aliphatic rings. The first-order chi connectivity index (χ1) is 12.0. The lowest BCUT2D eigenvalue weighted by molar-refractivity contribution is 0.131. The number of hydrogen-bond acceptors (Lipinski definition) is 4. The molecule has 0 amide bonds. The molecule has 0 unspecified atom stereocenters. The third-order valence-electron chi connectivity index (χ3n) is 3.50. The molecule has 0 atom stereocenters. The first-order valence-electron chi connectivity index (χ1n) is 7.89. The molecule has 0 aromatic heterocycles. The van der Waals surface area contributed by atoms with E-state index in [1.165, 1.54) is 10.5 Å². The Morgan fingerprint density at radius 1 is 1.08 bits per heavy atom. The molecule has 2 aromatic carbocycles. The summed E-state index contributed by atoms with van der Waals surface area (Å²) in [5.41, 5.74) is 2.00. The summed E-state index contributed by atoms with van der Waals surface area (Å²) < 4.78 is 26.7. The van der Waals surface area contributed by atoms with Crippen LogP contribution in [0.1, 0.15) is 11.1 Å². The maximum atomic E-state index is 12.7. The topological polar surface area (TPSA) is 59.0 Å². The predicted octanol–water partition coefficient (Wildman–Crippen LogP) is 3.37. The van der Waals surface area contributed by atoms with Gasteiger partial charge in [0.25, 0.3) is 0 Å². The Morgan fingerprint density at radius 3 is 2.40 bits per heavy atom. The van der Waals surface area contributed by atoms with E-state index < -0.39 is 10.0 Å². The van der Waals surface area contributed by atoms with Crippen LogP contribution in [0.5, 0.6) is 0 Å². The molecule has 2 aromatic rings. The minimum Gasteiger partial charge on any atom is -0.391 e. The van der Waals surface area contributed by atoms with Crippen LogP contribution in [0.2, 0.25) is 0 Å². The van der Waals surface area contributed by atoms with E-state index in [2.05, 4.69) is 11.7 Å². The highest BCUT2D eigenvalue weighted by Crippen LogP contribution is 2.15. The highest BCUT2D eigenvalue weighted by Gasteiger charge is 2.22. The smallest absolute Gasteiger partial charge is 0.243 e. The van der Waals surface area contributed by atoms with Gasteiger partial charge in [-0.25, -0.2) is 8.42 Å². The van der Waals surface area contributed by atoms with E-state index in [0.717, 1.165) is 11.1 Å². The van der Waals surface area contributed by atoms with Crippen molar-refractivity contribution in [2.45, 2.75) is 18.4 Å². The summed E-state index contributed by atoms with van der Waals surface area (Å²) in [4.78, 5) is 5.45. The van der Waals surface area contributed by atoms with Crippen LogP contribution >= 0.6 is 0 Å². The maximum Gasteiger partial charge on any atom is 0.243 e. The zero-order valence-corrected chi connectivity index (χ0v) is 15.0. The zero-order chi connectivity index (χ0) is 18.1. The van der Waals surface area contributed by atoms with Crippen molar-refractivity contribution in [3.05, 3.63) is 78.4 Å². The molecule has 0 aliphatic heterocycles. The summed E-state index contributed by atoms with van der Waals surface area (Å²) in [6.07, 6.45) is 2.99. The summed E-state index contributed by atoms with van der Waals surface area (Å²) in [7, 11) is -3.60. The fraction of sp³-hybridized carbons (Fsp3) is 0.211. The van der Waals surface area contributed by atoms with Crippen molar-refractivity contribution in [2.24, 2.45) is 5.16 Å². The van der Waals surface area contributed by atoms with Crippen LogP contribution < -0.4 is 0 Å². The lowest BCUT2D eigenvalue weighted by atomic mass is 10.2. The first kappa shape index (κ1) is 18.9.